The summed E-state index contributed by atoms with van der Waals surface area (Å²) in [5.41, 5.74) is 1.97. The predicted octanol–water partition coefficient (Wildman–Crippen LogP) is 1.62. The molecular formula is C17H28Cl2N4O. The van der Waals surface area contributed by atoms with Gasteiger partial charge in [-0.25, -0.2) is 0 Å². The summed E-state index contributed by atoms with van der Waals surface area (Å²) in [7, 11) is 0. The van der Waals surface area contributed by atoms with Gasteiger partial charge in [-0.3, -0.25) is 4.79 Å². The first-order valence-electron chi connectivity index (χ1n) is 8.32. The minimum atomic E-state index is 0. The first-order chi connectivity index (χ1) is 10.8. The van der Waals surface area contributed by atoms with Gasteiger partial charge in [-0.1, -0.05) is 6.92 Å². The summed E-state index contributed by atoms with van der Waals surface area (Å²) in [6.45, 7) is 10.5. The monoisotopic (exact) mass is 374 g/mol. The number of rotatable bonds is 5. The van der Waals surface area contributed by atoms with E-state index in [1.807, 2.05) is 12.1 Å². The third kappa shape index (κ3) is 5.24. The lowest BCUT2D eigenvalue weighted by atomic mass is 10.0. The molecule has 2 aliphatic heterocycles. The van der Waals surface area contributed by atoms with Crippen molar-refractivity contribution in [1.82, 2.24) is 15.5 Å². The van der Waals surface area contributed by atoms with E-state index in [-0.39, 0.29) is 30.7 Å². The maximum Gasteiger partial charge on any atom is 0.251 e. The van der Waals surface area contributed by atoms with Crippen LogP contribution >= 0.6 is 24.8 Å². The summed E-state index contributed by atoms with van der Waals surface area (Å²) < 4.78 is 0. The smallest absolute Gasteiger partial charge is 0.251 e. The van der Waals surface area contributed by atoms with Gasteiger partial charge in [0, 0.05) is 63.0 Å². The lowest BCUT2D eigenvalue weighted by Gasteiger charge is -2.35. The van der Waals surface area contributed by atoms with Gasteiger partial charge in [-0.05, 0) is 30.8 Å². The molecule has 1 aromatic rings. The van der Waals surface area contributed by atoms with E-state index in [0.29, 0.717) is 5.92 Å². The van der Waals surface area contributed by atoms with Crippen LogP contribution in [0.2, 0.25) is 0 Å². The van der Waals surface area contributed by atoms with E-state index in [9.17, 15) is 4.79 Å². The lowest BCUT2D eigenvalue weighted by Crippen LogP contribution is -2.48. The number of nitrogens with zero attached hydrogens (tertiary/aromatic N) is 2. The highest BCUT2D eigenvalue weighted by Crippen LogP contribution is 2.17. The topological polar surface area (TPSA) is 47.6 Å². The van der Waals surface area contributed by atoms with Crippen LogP contribution in [0, 0.1) is 5.92 Å². The molecule has 0 radical (unpaired) electrons. The molecule has 2 heterocycles. The van der Waals surface area contributed by atoms with E-state index in [2.05, 4.69) is 39.5 Å². The Bertz CT molecular complexity index is 500. The van der Waals surface area contributed by atoms with Crippen molar-refractivity contribution >= 4 is 36.4 Å². The summed E-state index contributed by atoms with van der Waals surface area (Å²) in [4.78, 5) is 17.0. The molecule has 1 aromatic carbocycles. The van der Waals surface area contributed by atoms with Crippen molar-refractivity contribution < 1.29 is 4.79 Å². The molecule has 0 aromatic heterocycles. The lowest BCUT2D eigenvalue weighted by molar-refractivity contribution is 0.0942. The second-order valence-corrected chi connectivity index (χ2v) is 6.20. The molecule has 1 amide bonds. The zero-order chi connectivity index (χ0) is 15.4. The predicted molar refractivity (Wildman–Crippen MR) is 104 cm³/mol. The fraction of sp³-hybridized carbons (Fsp3) is 0.588. The third-order valence-electron chi connectivity index (χ3n) is 4.73. The highest BCUT2D eigenvalue weighted by molar-refractivity contribution is 5.94. The Labute approximate surface area is 157 Å². The van der Waals surface area contributed by atoms with Gasteiger partial charge in [0.25, 0.3) is 5.91 Å². The van der Waals surface area contributed by atoms with Gasteiger partial charge < -0.3 is 20.4 Å². The Morgan fingerprint density at radius 1 is 1.12 bits per heavy atom. The standard InChI is InChI=1S/C17H26N4O.2ClH/c1-2-20-7-9-21(10-8-20)16-5-3-15(4-6-16)17(22)19-13-14-11-18-12-14;;/h3-6,14,18H,2,7-13H2,1H3,(H,19,22);2*1H. The third-order valence-corrected chi connectivity index (χ3v) is 4.73. The molecule has 136 valence electrons. The second-order valence-electron chi connectivity index (χ2n) is 6.20. The van der Waals surface area contributed by atoms with E-state index in [0.717, 1.165) is 57.9 Å². The summed E-state index contributed by atoms with van der Waals surface area (Å²) in [5, 5.41) is 6.23. The number of carbonyl (C=O) groups excluding carboxylic acids is 1. The molecule has 0 unspecified atom stereocenters. The van der Waals surface area contributed by atoms with Crippen molar-refractivity contribution in [3.05, 3.63) is 29.8 Å². The molecule has 3 rings (SSSR count). The molecule has 0 atom stereocenters. The first-order valence-corrected chi connectivity index (χ1v) is 8.32. The van der Waals surface area contributed by atoms with Crippen molar-refractivity contribution in [1.29, 1.82) is 0 Å². The largest absolute Gasteiger partial charge is 0.369 e. The van der Waals surface area contributed by atoms with E-state index >= 15 is 0 Å². The van der Waals surface area contributed by atoms with Crippen LogP contribution in [0.25, 0.3) is 0 Å². The number of piperazine rings is 1. The van der Waals surface area contributed by atoms with Crippen LogP contribution in [-0.4, -0.2) is 63.2 Å². The van der Waals surface area contributed by atoms with E-state index < -0.39 is 0 Å². The summed E-state index contributed by atoms with van der Waals surface area (Å²) in [6, 6.07) is 8.02. The fourth-order valence-corrected chi connectivity index (χ4v) is 2.98. The van der Waals surface area contributed by atoms with Crippen LogP contribution < -0.4 is 15.5 Å². The summed E-state index contributed by atoms with van der Waals surface area (Å²) in [6.07, 6.45) is 0. The number of hydrogen-bond donors (Lipinski definition) is 2. The number of benzene rings is 1. The molecule has 0 saturated carbocycles. The average molecular weight is 375 g/mol. The molecule has 7 heteroatoms. The molecular weight excluding hydrogens is 347 g/mol. The second kappa shape index (κ2) is 10.1. The van der Waals surface area contributed by atoms with Crippen LogP contribution in [0.5, 0.6) is 0 Å². The van der Waals surface area contributed by atoms with E-state index in [4.69, 9.17) is 0 Å². The van der Waals surface area contributed by atoms with Crippen LogP contribution in [0.4, 0.5) is 5.69 Å². The normalized spacial score (nSPS) is 18.1. The Kier molecular flexibility index (Phi) is 8.84. The SMILES string of the molecule is CCN1CCN(c2ccc(C(=O)NCC3CNC3)cc2)CC1.Cl.Cl. The van der Waals surface area contributed by atoms with Gasteiger partial charge in [0.1, 0.15) is 0 Å². The van der Waals surface area contributed by atoms with Gasteiger partial charge in [0.2, 0.25) is 0 Å². The van der Waals surface area contributed by atoms with Crippen LogP contribution in [0.3, 0.4) is 0 Å². The maximum atomic E-state index is 12.1. The summed E-state index contributed by atoms with van der Waals surface area (Å²) >= 11 is 0. The van der Waals surface area contributed by atoms with Crippen molar-refractivity contribution in [3.63, 3.8) is 0 Å². The number of halogens is 2. The number of likely N-dealkylation sites (N-methyl/N-ethyl adjacent to an activating group) is 1. The Morgan fingerprint density at radius 3 is 2.25 bits per heavy atom. The molecule has 2 fully saturated rings. The van der Waals surface area contributed by atoms with Crippen LogP contribution in [0.15, 0.2) is 24.3 Å². The molecule has 5 nitrogen and oxygen atoms in total. The van der Waals surface area contributed by atoms with Crippen molar-refractivity contribution in [2.24, 2.45) is 5.92 Å². The summed E-state index contributed by atoms with van der Waals surface area (Å²) in [5.74, 6) is 0.632. The molecule has 0 bridgehead atoms. The van der Waals surface area contributed by atoms with Crippen molar-refractivity contribution in [3.8, 4) is 0 Å². The number of anilines is 1. The van der Waals surface area contributed by atoms with E-state index in [1.54, 1.807) is 0 Å². The molecule has 24 heavy (non-hydrogen) atoms. The number of carbonyl (C=O) groups is 1. The highest BCUT2D eigenvalue weighted by atomic mass is 35.5. The average Bonchev–Trinajstić information content (AvgIpc) is 2.53. The number of hydrogen-bond acceptors (Lipinski definition) is 4. The molecule has 2 aliphatic rings. The fourth-order valence-electron chi connectivity index (χ4n) is 2.98. The quantitative estimate of drug-likeness (QED) is 0.821. The van der Waals surface area contributed by atoms with Gasteiger partial charge in [0.15, 0.2) is 0 Å². The molecule has 2 saturated heterocycles. The van der Waals surface area contributed by atoms with E-state index in [1.165, 1.54) is 5.69 Å². The Balaban J connectivity index is 0.00000144. The zero-order valence-electron chi connectivity index (χ0n) is 14.2. The molecule has 0 spiro atoms. The van der Waals surface area contributed by atoms with Gasteiger partial charge in [-0.2, -0.15) is 0 Å². The van der Waals surface area contributed by atoms with Crippen molar-refractivity contribution in [2.45, 2.75) is 6.92 Å². The van der Waals surface area contributed by atoms with Crippen LogP contribution in [-0.2, 0) is 0 Å². The zero-order valence-corrected chi connectivity index (χ0v) is 15.8. The minimum Gasteiger partial charge on any atom is -0.369 e. The van der Waals surface area contributed by atoms with Gasteiger partial charge in [-0.15, -0.1) is 24.8 Å². The van der Waals surface area contributed by atoms with Gasteiger partial charge >= 0.3 is 0 Å². The minimum absolute atomic E-state index is 0. The van der Waals surface area contributed by atoms with Crippen molar-refractivity contribution in [2.75, 3.05) is 57.3 Å². The highest BCUT2D eigenvalue weighted by Gasteiger charge is 2.18. The Hall–Kier alpha value is -1.01. The van der Waals surface area contributed by atoms with Crippen LogP contribution in [0.1, 0.15) is 17.3 Å². The first kappa shape index (κ1) is 21.0. The van der Waals surface area contributed by atoms with Gasteiger partial charge in [0.05, 0.1) is 0 Å². The molecule has 0 aliphatic carbocycles. The Morgan fingerprint density at radius 2 is 1.75 bits per heavy atom. The molecule has 2 N–H and O–H groups in total. The number of amides is 1. The number of nitrogens with one attached hydrogen (secondary N) is 2. The maximum absolute atomic E-state index is 12.1.